The minimum atomic E-state index is -3.17. The summed E-state index contributed by atoms with van der Waals surface area (Å²) in [6, 6.07) is 23.6. The number of rotatable bonds is 24. The number of hydrogen-bond acceptors (Lipinski definition) is 15. The van der Waals surface area contributed by atoms with E-state index < -0.39 is 66.8 Å². The first-order valence-corrected chi connectivity index (χ1v) is 28.8. The highest BCUT2D eigenvalue weighted by Crippen LogP contribution is 2.32. The zero-order valence-electron chi connectivity index (χ0n) is 47.9. The van der Waals surface area contributed by atoms with Crippen molar-refractivity contribution < 1.29 is 42.3 Å². The number of piperazine rings is 1. The monoisotopic (exact) mass is 1150 g/mol. The van der Waals surface area contributed by atoms with E-state index in [9.17, 15) is 42.8 Å². The number of halogens is 2. The van der Waals surface area contributed by atoms with Crippen LogP contribution in [-0.4, -0.2) is 190 Å². The Kier molecular flexibility index (Phi) is 25.5. The minimum absolute atomic E-state index is 0.0978. The second kappa shape index (κ2) is 32.6. The second-order valence-corrected chi connectivity index (χ2v) is 22.1. The molecular formula is C60H84F2N14O7. The van der Waals surface area contributed by atoms with Crippen LogP contribution in [0.3, 0.4) is 0 Å². The lowest BCUT2D eigenvalue weighted by Crippen LogP contribution is -2.66. The smallest absolute Gasteiger partial charge is 0.268 e. The summed E-state index contributed by atoms with van der Waals surface area (Å²) in [4.78, 5) is 86.1. The molecule has 0 spiro atoms. The van der Waals surface area contributed by atoms with Crippen LogP contribution in [0.2, 0.25) is 0 Å². The minimum Gasteiger partial charge on any atom is -0.494 e. The number of ether oxygens (including phenoxy) is 1. The summed E-state index contributed by atoms with van der Waals surface area (Å²) in [7, 11) is 0. The van der Waals surface area contributed by atoms with Gasteiger partial charge in [-0.15, -0.1) is 0 Å². The van der Waals surface area contributed by atoms with Gasteiger partial charge in [-0.1, -0.05) is 80.9 Å². The second-order valence-electron chi connectivity index (χ2n) is 22.1. The van der Waals surface area contributed by atoms with Crippen LogP contribution in [0.25, 0.3) is 10.9 Å². The summed E-state index contributed by atoms with van der Waals surface area (Å²) >= 11 is 0. The third-order valence-corrected chi connectivity index (χ3v) is 15.2. The molecule has 4 saturated heterocycles. The summed E-state index contributed by atoms with van der Waals surface area (Å²) in [6.45, 7) is 13.9. The number of alkyl halides is 2. The average Bonchev–Trinajstić information content (AvgIpc) is 4.05. The van der Waals surface area contributed by atoms with Crippen molar-refractivity contribution in [3.05, 3.63) is 108 Å². The Balaban J connectivity index is 0.000000331. The molecule has 83 heavy (non-hydrogen) atoms. The lowest BCUT2D eigenvalue weighted by Gasteiger charge is -2.44. The van der Waals surface area contributed by atoms with E-state index in [0.717, 1.165) is 87.8 Å². The Hall–Kier alpha value is -7.20. The molecule has 1 aromatic heterocycles. The zero-order chi connectivity index (χ0) is 59.7. The Morgan fingerprint density at radius 3 is 2.13 bits per heavy atom. The van der Waals surface area contributed by atoms with Crippen molar-refractivity contribution in [2.75, 3.05) is 105 Å². The Bertz CT molecular complexity index is 2770. The molecular weight excluding hydrogens is 1070 g/mol. The van der Waals surface area contributed by atoms with Crippen LogP contribution in [0.5, 0.6) is 5.75 Å². The van der Waals surface area contributed by atoms with Crippen molar-refractivity contribution in [2.45, 2.75) is 94.8 Å². The van der Waals surface area contributed by atoms with Gasteiger partial charge in [0.05, 0.1) is 42.4 Å². The summed E-state index contributed by atoms with van der Waals surface area (Å²) in [6.07, 6.45) is 5.27. The number of fused-ring (bicyclic) bond motifs is 12. The molecule has 5 atom stereocenters. The summed E-state index contributed by atoms with van der Waals surface area (Å²) in [5.41, 5.74) is 14.4. The lowest BCUT2D eigenvalue weighted by molar-refractivity contribution is -0.131. The molecule has 3 aromatic carbocycles. The van der Waals surface area contributed by atoms with E-state index >= 15 is 0 Å². The Morgan fingerprint density at radius 2 is 1.49 bits per heavy atom. The van der Waals surface area contributed by atoms with Crippen molar-refractivity contribution in [1.82, 2.24) is 56.9 Å². The van der Waals surface area contributed by atoms with E-state index in [-0.39, 0.29) is 42.2 Å². The first-order valence-electron chi connectivity index (χ1n) is 28.8. The molecule has 0 saturated carbocycles. The largest absolute Gasteiger partial charge is 0.494 e. The number of nitrogens with zero attached hydrogens (tertiary/aromatic N) is 5. The van der Waals surface area contributed by atoms with E-state index in [0.29, 0.717) is 68.5 Å². The standard InChI is InChI=1S/C40H41F2N7O6.C20H43N7O/c41-40(42)22-29(23-43)49(25-40)36(51)24-46-37(52)31-15-17-44-33-14-13-30(21-32(31)33)55-18-8-7-16-45-38(53)35(20-28-11-5-2-6-12-28)48-39(54)34(47-26-50)19-27-9-3-1-4-10-27;1-3-4-5-18(28)25-20(13-22)15-24-7-6-23-14-19(2,12-21)16-26-8-10-27(17-20)11-9-26/h1-6,9-15,17,21,26,29,34-35H,7-8,16,18-20,22,24-25H2,(H,45,53)(H,46,52)(H,47,50)(H,48,54);23-24H,3-17,21-22H2,1-2H3,(H,25,28)/t29?,34?,35-;/m1./s1. The molecule has 4 aliphatic rings. The van der Waals surface area contributed by atoms with Gasteiger partial charge in [-0.05, 0) is 54.7 Å². The summed E-state index contributed by atoms with van der Waals surface area (Å²) in [5, 5.41) is 30.7. The van der Waals surface area contributed by atoms with Gasteiger partial charge in [0.15, 0.2) is 0 Å². The zero-order valence-corrected chi connectivity index (χ0v) is 47.9. The molecule has 0 radical (unpaired) electrons. The highest BCUT2D eigenvalue weighted by molar-refractivity contribution is 6.07. The first-order chi connectivity index (χ1) is 40.0. The number of carbonyl (C=O) groups is 6. The number of nitrogens with two attached hydrogens (primary N) is 2. The predicted octanol–water partition coefficient (Wildman–Crippen LogP) is 1.85. The molecule has 5 heterocycles. The topological polar surface area (TPSA) is 294 Å². The highest BCUT2D eigenvalue weighted by atomic mass is 19.3. The summed E-state index contributed by atoms with van der Waals surface area (Å²) in [5.74, 6) is -4.87. The van der Waals surface area contributed by atoms with Crippen LogP contribution in [-0.2, 0) is 36.8 Å². The van der Waals surface area contributed by atoms with Gasteiger partial charge in [-0.2, -0.15) is 5.26 Å². The number of benzene rings is 3. The molecule has 6 amide bonds. The number of pyridine rings is 1. The predicted molar refractivity (Wildman–Crippen MR) is 313 cm³/mol. The molecule has 2 bridgehead atoms. The lowest BCUT2D eigenvalue weighted by atomic mass is 9.89. The SMILES string of the molecule is CCCCC(=O)NC1(CN)CNCCNCC(C)(CN)CN2CCN(CC2)C1.N#CC1CC(F)(F)CN1C(=O)CNC(=O)c1ccnc2ccc(OCCCCNC(=O)[C@@H](Cc3ccccc3)NC(=O)C(Cc3ccccc3)NC=O)cc12. The van der Waals surface area contributed by atoms with Gasteiger partial charge < -0.3 is 63.2 Å². The van der Waals surface area contributed by atoms with Gasteiger partial charge in [0.1, 0.15) is 23.9 Å². The van der Waals surface area contributed by atoms with Crippen LogP contribution in [0.15, 0.2) is 91.1 Å². The Morgan fingerprint density at radius 1 is 0.831 bits per heavy atom. The van der Waals surface area contributed by atoms with Crippen LogP contribution in [0.1, 0.15) is 73.9 Å². The number of likely N-dealkylation sites (tertiary alicyclic amines) is 1. The number of hydrogen-bond donors (Lipinski definition) is 9. The molecule has 4 fully saturated rings. The third-order valence-electron chi connectivity index (χ3n) is 15.2. The van der Waals surface area contributed by atoms with E-state index in [2.05, 4.69) is 65.8 Å². The quantitative estimate of drug-likeness (QED) is 0.0358. The normalized spacial score (nSPS) is 22.2. The molecule has 4 aliphatic heterocycles. The van der Waals surface area contributed by atoms with Crippen molar-refractivity contribution in [1.29, 1.82) is 5.26 Å². The first kappa shape index (κ1) is 65.0. The van der Waals surface area contributed by atoms with Crippen molar-refractivity contribution in [3.8, 4) is 11.8 Å². The number of nitrogens with one attached hydrogen (secondary N) is 7. The van der Waals surface area contributed by atoms with E-state index in [4.69, 9.17) is 16.2 Å². The van der Waals surface area contributed by atoms with Gasteiger partial charge in [0.25, 0.3) is 11.8 Å². The molecule has 450 valence electrons. The molecule has 4 aromatic rings. The van der Waals surface area contributed by atoms with Crippen molar-refractivity contribution in [2.24, 2.45) is 16.9 Å². The maximum atomic E-state index is 13.8. The van der Waals surface area contributed by atoms with E-state index in [1.165, 1.54) is 12.3 Å². The van der Waals surface area contributed by atoms with Crippen LogP contribution in [0.4, 0.5) is 8.78 Å². The molecule has 0 aliphatic carbocycles. The van der Waals surface area contributed by atoms with Crippen LogP contribution >= 0.6 is 0 Å². The van der Waals surface area contributed by atoms with Crippen molar-refractivity contribution in [3.63, 3.8) is 0 Å². The molecule has 11 N–H and O–H groups in total. The van der Waals surface area contributed by atoms with Gasteiger partial charge in [0.2, 0.25) is 30.0 Å². The maximum Gasteiger partial charge on any atom is 0.268 e. The molecule has 23 heteroatoms. The molecule has 8 rings (SSSR count). The Labute approximate surface area is 485 Å². The van der Waals surface area contributed by atoms with Crippen molar-refractivity contribution >= 4 is 46.8 Å². The van der Waals surface area contributed by atoms with Gasteiger partial charge in [-0.3, -0.25) is 38.7 Å². The average molecular weight is 1150 g/mol. The maximum absolute atomic E-state index is 13.8. The van der Waals surface area contributed by atoms with Gasteiger partial charge >= 0.3 is 0 Å². The van der Waals surface area contributed by atoms with E-state index in [1.54, 1.807) is 24.3 Å². The van der Waals surface area contributed by atoms with Gasteiger partial charge in [-0.25, -0.2) is 8.78 Å². The summed E-state index contributed by atoms with van der Waals surface area (Å²) < 4.78 is 33.5. The number of unbranched alkanes of at least 4 members (excludes halogenated alkanes) is 2. The number of aromatic nitrogens is 1. The van der Waals surface area contributed by atoms with Gasteiger partial charge in [0, 0.05) is 128 Å². The molecule has 4 unspecified atom stereocenters. The third kappa shape index (κ3) is 20.6. The number of amides is 6. The molecule has 21 nitrogen and oxygen atoms in total. The fourth-order valence-corrected chi connectivity index (χ4v) is 10.4. The van der Waals surface area contributed by atoms with Crippen LogP contribution < -0.4 is 53.4 Å². The fraction of sp³-hybridized carbons (Fsp3) is 0.533. The number of carbonyl (C=O) groups excluding carboxylic acids is 6. The number of nitriles is 1. The van der Waals surface area contributed by atoms with Crippen LogP contribution in [0, 0.1) is 16.7 Å². The highest BCUT2D eigenvalue weighted by Gasteiger charge is 2.47. The fourth-order valence-electron chi connectivity index (χ4n) is 10.4. The van der Waals surface area contributed by atoms with E-state index in [1.807, 2.05) is 60.7 Å².